The largest absolute Gasteiger partial charge is 0.493 e. The van der Waals surface area contributed by atoms with Crippen LogP contribution in [0, 0.1) is 0 Å². The molecule has 2 rings (SSSR count). The number of hydrogen-bond donors (Lipinski definition) is 2. The molecule has 0 aliphatic heterocycles. The Bertz CT molecular complexity index is 610. The number of ether oxygens (including phenoxy) is 2. The lowest BCUT2D eigenvalue weighted by Crippen LogP contribution is -2.08. The van der Waals surface area contributed by atoms with Crippen LogP contribution < -0.4 is 20.3 Å². The van der Waals surface area contributed by atoms with Crippen LogP contribution in [0.3, 0.4) is 0 Å². The van der Waals surface area contributed by atoms with Crippen LogP contribution in [0.15, 0.2) is 35.3 Å². The van der Waals surface area contributed by atoms with E-state index in [9.17, 15) is 4.79 Å². The predicted octanol–water partition coefficient (Wildman–Crippen LogP) is 1.92. The first kappa shape index (κ1) is 12.9. The highest BCUT2D eigenvalue weighted by molar-refractivity contribution is 5.59. The van der Waals surface area contributed by atoms with E-state index in [4.69, 9.17) is 9.47 Å². The molecule has 6 nitrogen and oxygen atoms in total. The number of aromatic amines is 1. The zero-order valence-electron chi connectivity index (χ0n) is 10.8. The molecular weight excluding hydrogens is 246 g/mol. The van der Waals surface area contributed by atoms with E-state index in [1.807, 2.05) is 13.0 Å². The van der Waals surface area contributed by atoms with Gasteiger partial charge >= 0.3 is 0 Å². The van der Waals surface area contributed by atoms with Crippen LogP contribution in [-0.2, 0) is 0 Å². The molecule has 2 N–H and O–H groups in total. The lowest BCUT2D eigenvalue weighted by Gasteiger charge is -2.11. The molecule has 0 saturated carbocycles. The summed E-state index contributed by atoms with van der Waals surface area (Å²) in [5.74, 6) is 1.66. The van der Waals surface area contributed by atoms with Crippen LogP contribution in [0.1, 0.15) is 6.92 Å². The summed E-state index contributed by atoms with van der Waals surface area (Å²) in [6.45, 7) is 2.47. The van der Waals surface area contributed by atoms with Gasteiger partial charge in [0.25, 0.3) is 5.56 Å². The average molecular weight is 261 g/mol. The Morgan fingerprint density at radius 2 is 2.16 bits per heavy atom. The van der Waals surface area contributed by atoms with E-state index in [1.165, 1.54) is 12.3 Å². The fourth-order valence-electron chi connectivity index (χ4n) is 1.59. The van der Waals surface area contributed by atoms with Gasteiger partial charge in [-0.05, 0) is 19.1 Å². The molecule has 1 heterocycles. The van der Waals surface area contributed by atoms with Crippen molar-refractivity contribution >= 4 is 11.6 Å². The number of rotatable bonds is 5. The lowest BCUT2D eigenvalue weighted by atomic mass is 10.2. The highest BCUT2D eigenvalue weighted by Crippen LogP contribution is 2.30. The Morgan fingerprint density at radius 1 is 1.32 bits per heavy atom. The smallest absolute Gasteiger partial charge is 0.252 e. The maximum Gasteiger partial charge on any atom is 0.252 e. The summed E-state index contributed by atoms with van der Waals surface area (Å²) < 4.78 is 10.7. The van der Waals surface area contributed by atoms with Gasteiger partial charge in [0.05, 0.1) is 13.7 Å². The first-order valence-electron chi connectivity index (χ1n) is 5.86. The molecule has 0 aliphatic carbocycles. The number of H-pyrrole nitrogens is 1. The maximum absolute atomic E-state index is 11.2. The van der Waals surface area contributed by atoms with Crippen molar-refractivity contribution in [3.63, 3.8) is 0 Å². The molecule has 0 fully saturated rings. The Hall–Kier alpha value is -2.50. The van der Waals surface area contributed by atoms with E-state index in [0.29, 0.717) is 24.1 Å². The molecule has 0 unspecified atom stereocenters. The van der Waals surface area contributed by atoms with Crippen molar-refractivity contribution in [2.75, 3.05) is 19.0 Å². The Kier molecular flexibility index (Phi) is 4.02. The number of methoxy groups -OCH3 is 1. The molecule has 1 aromatic carbocycles. The van der Waals surface area contributed by atoms with Crippen LogP contribution in [0.25, 0.3) is 0 Å². The second-order valence-electron chi connectivity index (χ2n) is 3.71. The molecule has 0 aliphatic rings. The van der Waals surface area contributed by atoms with Gasteiger partial charge < -0.3 is 14.8 Å². The molecule has 0 saturated heterocycles. The number of benzene rings is 1. The minimum atomic E-state index is -0.213. The number of anilines is 2. The molecule has 0 spiro atoms. The number of hydrogen-bond acceptors (Lipinski definition) is 5. The summed E-state index contributed by atoms with van der Waals surface area (Å²) in [5, 5.41) is 2.99. The van der Waals surface area contributed by atoms with Crippen LogP contribution in [0.2, 0.25) is 0 Å². The van der Waals surface area contributed by atoms with Gasteiger partial charge in [-0.2, -0.15) is 0 Å². The van der Waals surface area contributed by atoms with Gasteiger partial charge in [-0.25, -0.2) is 4.98 Å². The minimum absolute atomic E-state index is 0.213. The van der Waals surface area contributed by atoms with E-state index in [1.54, 1.807) is 19.2 Å². The highest BCUT2D eigenvalue weighted by Gasteiger charge is 2.05. The molecule has 0 atom stereocenters. The molecule has 0 bridgehead atoms. The summed E-state index contributed by atoms with van der Waals surface area (Å²) in [4.78, 5) is 17.8. The Morgan fingerprint density at radius 3 is 2.84 bits per heavy atom. The molecule has 1 aromatic heterocycles. The molecule has 2 aromatic rings. The van der Waals surface area contributed by atoms with Crippen molar-refractivity contribution in [2.24, 2.45) is 0 Å². The van der Waals surface area contributed by atoms with Crippen molar-refractivity contribution in [1.82, 2.24) is 9.97 Å². The van der Waals surface area contributed by atoms with E-state index < -0.39 is 0 Å². The third kappa shape index (κ3) is 3.25. The molecule has 100 valence electrons. The van der Waals surface area contributed by atoms with Gasteiger partial charge in [-0.15, -0.1) is 0 Å². The third-order valence-corrected chi connectivity index (χ3v) is 2.40. The zero-order valence-corrected chi connectivity index (χ0v) is 10.8. The van der Waals surface area contributed by atoms with Crippen LogP contribution in [0.4, 0.5) is 11.6 Å². The fraction of sp³-hybridized carbons (Fsp3) is 0.231. The minimum Gasteiger partial charge on any atom is -0.493 e. The van der Waals surface area contributed by atoms with Crippen molar-refractivity contribution in [2.45, 2.75) is 6.92 Å². The first-order chi connectivity index (χ1) is 9.22. The average Bonchev–Trinajstić information content (AvgIpc) is 2.41. The topological polar surface area (TPSA) is 76.2 Å². The van der Waals surface area contributed by atoms with Gasteiger partial charge in [0.1, 0.15) is 0 Å². The first-order valence-corrected chi connectivity index (χ1v) is 5.86. The van der Waals surface area contributed by atoms with Crippen molar-refractivity contribution in [3.8, 4) is 11.5 Å². The quantitative estimate of drug-likeness (QED) is 0.860. The molecule has 19 heavy (non-hydrogen) atoms. The summed E-state index contributed by atoms with van der Waals surface area (Å²) in [6, 6.07) is 6.74. The molecule has 0 radical (unpaired) electrons. The molecule has 0 amide bonds. The fourth-order valence-corrected chi connectivity index (χ4v) is 1.59. The van der Waals surface area contributed by atoms with Crippen molar-refractivity contribution in [3.05, 3.63) is 40.8 Å². The SMILES string of the molecule is CCOc1ccc(Nc2nccc(=O)[nH]2)cc1OC. The van der Waals surface area contributed by atoms with Crippen LogP contribution >= 0.6 is 0 Å². The predicted molar refractivity (Wildman–Crippen MR) is 72.3 cm³/mol. The zero-order chi connectivity index (χ0) is 13.7. The van der Waals surface area contributed by atoms with Gasteiger partial charge in [-0.3, -0.25) is 9.78 Å². The van der Waals surface area contributed by atoms with Crippen molar-refractivity contribution in [1.29, 1.82) is 0 Å². The van der Waals surface area contributed by atoms with Gasteiger partial charge in [-0.1, -0.05) is 0 Å². The normalized spacial score (nSPS) is 10.0. The third-order valence-electron chi connectivity index (χ3n) is 2.40. The number of nitrogens with one attached hydrogen (secondary N) is 2. The second kappa shape index (κ2) is 5.90. The number of aromatic nitrogens is 2. The summed E-state index contributed by atoms with van der Waals surface area (Å²) in [6.07, 6.45) is 1.44. The van der Waals surface area contributed by atoms with Crippen LogP contribution in [-0.4, -0.2) is 23.7 Å². The van der Waals surface area contributed by atoms with Crippen molar-refractivity contribution < 1.29 is 9.47 Å². The Balaban J connectivity index is 2.24. The molecular formula is C13H15N3O3. The van der Waals surface area contributed by atoms with Gasteiger partial charge in [0.2, 0.25) is 5.95 Å². The summed E-state index contributed by atoms with van der Waals surface area (Å²) in [5.41, 5.74) is 0.532. The monoisotopic (exact) mass is 261 g/mol. The van der Waals surface area contributed by atoms with E-state index in [-0.39, 0.29) is 5.56 Å². The summed E-state index contributed by atoms with van der Waals surface area (Å²) in [7, 11) is 1.57. The van der Waals surface area contributed by atoms with Gasteiger partial charge in [0, 0.05) is 24.0 Å². The van der Waals surface area contributed by atoms with Gasteiger partial charge in [0.15, 0.2) is 11.5 Å². The standard InChI is InChI=1S/C13H15N3O3/c1-3-19-10-5-4-9(8-11(10)18-2)15-13-14-7-6-12(17)16-13/h4-8H,3H2,1-2H3,(H2,14,15,16,17). The summed E-state index contributed by atoms with van der Waals surface area (Å²) >= 11 is 0. The van der Waals surface area contributed by atoms with Crippen LogP contribution in [0.5, 0.6) is 11.5 Å². The highest BCUT2D eigenvalue weighted by atomic mass is 16.5. The van der Waals surface area contributed by atoms with E-state index in [2.05, 4.69) is 15.3 Å². The lowest BCUT2D eigenvalue weighted by molar-refractivity contribution is 0.311. The maximum atomic E-state index is 11.2. The van der Waals surface area contributed by atoms with E-state index >= 15 is 0 Å². The Labute approximate surface area is 110 Å². The number of nitrogens with zero attached hydrogens (tertiary/aromatic N) is 1. The second-order valence-corrected chi connectivity index (χ2v) is 3.71. The van der Waals surface area contributed by atoms with E-state index in [0.717, 1.165) is 5.69 Å². The molecule has 6 heteroatoms.